The molecule has 4 heteroatoms. The summed E-state index contributed by atoms with van der Waals surface area (Å²) in [6.07, 6.45) is 0. The number of nitrogens with zero attached hydrogens (tertiary/aromatic N) is 1. The minimum atomic E-state index is -0.0892. The summed E-state index contributed by atoms with van der Waals surface area (Å²) in [5, 5.41) is 2.82. The van der Waals surface area contributed by atoms with Gasteiger partial charge in [-0.1, -0.05) is 30.3 Å². The Hall–Kier alpha value is -2.49. The lowest BCUT2D eigenvalue weighted by Gasteiger charge is -2.21. The fourth-order valence-electron chi connectivity index (χ4n) is 2.09. The lowest BCUT2D eigenvalue weighted by molar-refractivity contribution is -0.114. The van der Waals surface area contributed by atoms with E-state index in [0.717, 1.165) is 11.3 Å². The van der Waals surface area contributed by atoms with Gasteiger partial charge in [-0.2, -0.15) is 0 Å². The van der Waals surface area contributed by atoms with Crippen molar-refractivity contribution in [1.29, 1.82) is 0 Å². The van der Waals surface area contributed by atoms with Gasteiger partial charge in [-0.05, 0) is 30.7 Å². The molecule has 0 aliphatic carbocycles. The average Bonchev–Trinajstić information content (AvgIpc) is 2.41. The average molecular weight is 269 g/mol. The number of nitrogens with one attached hydrogen (secondary N) is 1. The Labute approximate surface area is 119 Å². The van der Waals surface area contributed by atoms with Crippen molar-refractivity contribution in [1.82, 2.24) is 0 Å². The van der Waals surface area contributed by atoms with Crippen molar-refractivity contribution in [3.63, 3.8) is 0 Å². The monoisotopic (exact) mass is 269 g/mol. The van der Waals surface area contributed by atoms with Gasteiger partial charge in [0.25, 0.3) is 0 Å². The van der Waals surface area contributed by atoms with E-state index in [9.17, 15) is 4.79 Å². The number of likely N-dealkylation sites (N-methyl/N-ethyl adjacent to an activating group) is 1. The molecule has 0 fully saturated rings. The maximum atomic E-state index is 12.1. The summed E-state index contributed by atoms with van der Waals surface area (Å²) in [5.41, 5.74) is 9.21. The van der Waals surface area contributed by atoms with Crippen molar-refractivity contribution in [3.05, 3.63) is 54.1 Å². The largest absolute Gasteiger partial charge is 0.397 e. The Morgan fingerprint density at radius 1 is 1.15 bits per heavy atom. The van der Waals surface area contributed by atoms with E-state index >= 15 is 0 Å². The van der Waals surface area contributed by atoms with Crippen molar-refractivity contribution < 1.29 is 4.79 Å². The summed E-state index contributed by atoms with van der Waals surface area (Å²) >= 11 is 0. The van der Waals surface area contributed by atoms with Crippen LogP contribution in [0.15, 0.2) is 48.5 Å². The highest BCUT2D eigenvalue weighted by molar-refractivity contribution is 5.96. The van der Waals surface area contributed by atoms with Gasteiger partial charge >= 0.3 is 0 Å². The molecule has 0 bridgehead atoms. The lowest BCUT2D eigenvalue weighted by atomic mass is 10.2. The minimum Gasteiger partial charge on any atom is -0.397 e. The molecule has 0 unspecified atom stereocenters. The molecule has 0 saturated carbocycles. The number of rotatable bonds is 4. The van der Waals surface area contributed by atoms with Crippen LogP contribution >= 0.6 is 0 Å². The molecule has 0 aromatic heterocycles. The van der Waals surface area contributed by atoms with Crippen LogP contribution in [0.2, 0.25) is 0 Å². The van der Waals surface area contributed by atoms with E-state index in [4.69, 9.17) is 5.73 Å². The maximum absolute atomic E-state index is 12.1. The third kappa shape index (κ3) is 3.29. The van der Waals surface area contributed by atoms with E-state index in [2.05, 4.69) is 5.32 Å². The van der Waals surface area contributed by atoms with Gasteiger partial charge in [-0.3, -0.25) is 4.79 Å². The number of anilines is 3. The molecule has 0 heterocycles. The zero-order chi connectivity index (χ0) is 14.5. The molecule has 0 saturated heterocycles. The number of benzene rings is 2. The number of aryl methyl sites for hydroxylation is 1. The van der Waals surface area contributed by atoms with Crippen LogP contribution in [0.1, 0.15) is 5.56 Å². The fourth-order valence-corrected chi connectivity index (χ4v) is 2.09. The molecule has 20 heavy (non-hydrogen) atoms. The van der Waals surface area contributed by atoms with Crippen molar-refractivity contribution in [2.45, 2.75) is 6.92 Å². The number of hydrogen-bond acceptors (Lipinski definition) is 3. The van der Waals surface area contributed by atoms with Crippen LogP contribution in [0.25, 0.3) is 0 Å². The van der Waals surface area contributed by atoms with Gasteiger partial charge in [0, 0.05) is 12.7 Å². The number of nitrogen functional groups attached to an aromatic ring is 1. The van der Waals surface area contributed by atoms with Crippen molar-refractivity contribution >= 4 is 23.0 Å². The molecule has 2 rings (SSSR count). The maximum Gasteiger partial charge on any atom is 0.243 e. The second-order valence-corrected chi connectivity index (χ2v) is 4.78. The highest BCUT2D eigenvalue weighted by Gasteiger charge is 2.10. The molecule has 0 spiro atoms. The first-order chi connectivity index (χ1) is 9.58. The van der Waals surface area contributed by atoms with Crippen LogP contribution in [0, 0.1) is 6.92 Å². The van der Waals surface area contributed by atoms with Gasteiger partial charge in [0.05, 0.1) is 17.9 Å². The summed E-state index contributed by atoms with van der Waals surface area (Å²) in [4.78, 5) is 14.0. The zero-order valence-electron chi connectivity index (χ0n) is 11.8. The van der Waals surface area contributed by atoms with E-state index in [1.54, 1.807) is 12.1 Å². The molecule has 104 valence electrons. The van der Waals surface area contributed by atoms with Crippen molar-refractivity contribution in [2.75, 3.05) is 29.5 Å². The van der Waals surface area contributed by atoms with E-state index in [-0.39, 0.29) is 12.5 Å². The van der Waals surface area contributed by atoms with Crippen LogP contribution in [0.5, 0.6) is 0 Å². The predicted molar refractivity (Wildman–Crippen MR) is 83.9 cm³/mol. The number of hydrogen-bond donors (Lipinski definition) is 2. The third-order valence-electron chi connectivity index (χ3n) is 3.14. The van der Waals surface area contributed by atoms with Crippen LogP contribution in [-0.2, 0) is 4.79 Å². The van der Waals surface area contributed by atoms with Gasteiger partial charge < -0.3 is 16.0 Å². The first-order valence-corrected chi connectivity index (χ1v) is 6.49. The smallest absolute Gasteiger partial charge is 0.243 e. The van der Waals surface area contributed by atoms with Crippen LogP contribution in [0.4, 0.5) is 17.1 Å². The number of amides is 1. The molecule has 0 radical (unpaired) electrons. The quantitative estimate of drug-likeness (QED) is 0.839. The SMILES string of the molecule is Cc1ccccc1N(C)CC(=O)Nc1ccccc1N. The summed E-state index contributed by atoms with van der Waals surface area (Å²) < 4.78 is 0. The number of carbonyl (C=O) groups is 1. The van der Waals surface area contributed by atoms with Gasteiger partial charge in [0.15, 0.2) is 0 Å². The molecule has 0 aliphatic heterocycles. The summed E-state index contributed by atoms with van der Waals surface area (Å²) in [6, 6.07) is 15.2. The third-order valence-corrected chi connectivity index (χ3v) is 3.14. The van der Waals surface area contributed by atoms with E-state index in [1.807, 2.05) is 55.3 Å². The summed E-state index contributed by atoms with van der Waals surface area (Å²) in [7, 11) is 1.90. The summed E-state index contributed by atoms with van der Waals surface area (Å²) in [5.74, 6) is -0.0892. The summed E-state index contributed by atoms with van der Waals surface area (Å²) in [6.45, 7) is 2.30. The standard InChI is InChI=1S/C16H19N3O/c1-12-7-3-6-10-15(12)19(2)11-16(20)18-14-9-5-4-8-13(14)17/h3-10H,11,17H2,1-2H3,(H,18,20). The first-order valence-electron chi connectivity index (χ1n) is 6.49. The van der Waals surface area contributed by atoms with E-state index in [0.29, 0.717) is 11.4 Å². The topological polar surface area (TPSA) is 58.4 Å². The van der Waals surface area contributed by atoms with Crippen LogP contribution in [-0.4, -0.2) is 19.5 Å². The molecule has 1 amide bonds. The van der Waals surface area contributed by atoms with Gasteiger partial charge in [-0.25, -0.2) is 0 Å². The highest BCUT2D eigenvalue weighted by Crippen LogP contribution is 2.19. The van der Waals surface area contributed by atoms with Crippen LogP contribution < -0.4 is 16.0 Å². The van der Waals surface area contributed by atoms with E-state index < -0.39 is 0 Å². The van der Waals surface area contributed by atoms with Crippen molar-refractivity contribution in [2.24, 2.45) is 0 Å². The first kappa shape index (κ1) is 13.9. The molecular formula is C16H19N3O. The minimum absolute atomic E-state index is 0.0892. The van der Waals surface area contributed by atoms with Gasteiger partial charge in [-0.15, -0.1) is 0 Å². The molecule has 0 aliphatic rings. The molecular weight excluding hydrogens is 250 g/mol. The Kier molecular flexibility index (Phi) is 4.25. The number of carbonyl (C=O) groups excluding carboxylic acids is 1. The highest BCUT2D eigenvalue weighted by atomic mass is 16.2. The van der Waals surface area contributed by atoms with E-state index in [1.165, 1.54) is 0 Å². The molecule has 4 nitrogen and oxygen atoms in total. The van der Waals surface area contributed by atoms with Crippen molar-refractivity contribution in [3.8, 4) is 0 Å². The fraction of sp³-hybridized carbons (Fsp3) is 0.188. The number of para-hydroxylation sites is 3. The number of nitrogens with two attached hydrogens (primary N) is 1. The molecule has 2 aromatic carbocycles. The second-order valence-electron chi connectivity index (χ2n) is 4.78. The molecule has 0 atom stereocenters. The molecule has 2 aromatic rings. The lowest BCUT2D eigenvalue weighted by Crippen LogP contribution is -2.30. The Bertz CT molecular complexity index is 610. The normalized spacial score (nSPS) is 10.1. The van der Waals surface area contributed by atoms with Crippen LogP contribution in [0.3, 0.4) is 0 Å². The Morgan fingerprint density at radius 2 is 1.80 bits per heavy atom. The second kappa shape index (κ2) is 6.10. The van der Waals surface area contributed by atoms with Gasteiger partial charge in [0.1, 0.15) is 0 Å². The molecule has 3 N–H and O–H groups in total. The zero-order valence-corrected chi connectivity index (χ0v) is 11.8. The predicted octanol–water partition coefficient (Wildman–Crippen LogP) is 2.65. The Morgan fingerprint density at radius 3 is 2.50 bits per heavy atom. The van der Waals surface area contributed by atoms with Gasteiger partial charge in [0.2, 0.25) is 5.91 Å². The Balaban J connectivity index is 2.02.